The number of anilines is 1. The number of nitrogens with zero attached hydrogens (tertiary/aromatic N) is 2. The molecule has 2 aromatic rings. The first-order chi connectivity index (χ1) is 8.25. The van der Waals surface area contributed by atoms with E-state index in [0.29, 0.717) is 12.0 Å². The van der Waals surface area contributed by atoms with Crippen molar-refractivity contribution in [3.8, 4) is 0 Å². The van der Waals surface area contributed by atoms with Crippen LogP contribution in [0.15, 0.2) is 22.7 Å². The molecule has 1 aromatic carbocycles. The van der Waals surface area contributed by atoms with Gasteiger partial charge in [-0.15, -0.1) is 0 Å². The maximum Gasteiger partial charge on any atom is 0.201 e. The van der Waals surface area contributed by atoms with Gasteiger partial charge in [0.2, 0.25) is 5.95 Å². The van der Waals surface area contributed by atoms with Crippen LogP contribution in [0.3, 0.4) is 0 Å². The Morgan fingerprint density at radius 1 is 1.24 bits per heavy atom. The number of hydrogen-bond acceptors (Lipinski definition) is 2. The molecule has 17 heavy (non-hydrogen) atoms. The van der Waals surface area contributed by atoms with E-state index in [-0.39, 0.29) is 0 Å². The summed E-state index contributed by atoms with van der Waals surface area (Å²) < 4.78 is 3.28. The molecule has 3 rings (SSSR count). The normalized spacial score (nSPS) is 17.7. The van der Waals surface area contributed by atoms with Gasteiger partial charge in [0.05, 0.1) is 11.0 Å². The number of aromatic nitrogens is 2. The third-order valence-electron chi connectivity index (χ3n) is 3.62. The molecular formula is C13H16BrN3. The van der Waals surface area contributed by atoms with Gasteiger partial charge in [0.1, 0.15) is 0 Å². The van der Waals surface area contributed by atoms with E-state index in [0.717, 1.165) is 15.5 Å². The molecule has 1 heterocycles. The van der Waals surface area contributed by atoms with E-state index in [1.165, 1.54) is 32.1 Å². The van der Waals surface area contributed by atoms with E-state index >= 15 is 0 Å². The smallest absolute Gasteiger partial charge is 0.201 e. The maximum absolute atomic E-state index is 6.07. The summed E-state index contributed by atoms with van der Waals surface area (Å²) in [5.74, 6) is 0.657. The molecule has 0 radical (unpaired) electrons. The molecule has 0 spiro atoms. The first-order valence-corrected chi connectivity index (χ1v) is 6.98. The Labute approximate surface area is 109 Å². The Hall–Kier alpha value is -1.03. The van der Waals surface area contributed by atoms with Crippen molar-refractivity contribution in [2.24, 2.45) is 0 Å². The van der Waals surface area contributed by atoms with Crippen molar-refractivity contribution < 1.29 is 0 Å². The van der Waals surface area contributed by atoms with Gasteiger partial charge in [0.15, 0.2) is 0 Å². The molecule has 0 saturated heterocycles. The Balaban J connectivity index is 2.11. The van der Waals surface area contributed by atoms with E-state index in [9.17, 15) is 0 Å². The molecule has 1 aliphatic rings. The summed E-state index contributed by atoms with van der Waals surface area (Å²) in [6.45, 7) is 0. The minimum atomic E-state index is 0.537. The highest BCUT2D eigenvalue weighted by Gasteiger charge is 2.20. The van der Waals surface area contributed by atoms with Gasteiger partial charge in [-0.25, -0.2) is 4.98 Å². The number of hydrogen-bond donors (Lipinski definition) is 1. The lowest BCUT2D eigenvalue weighted by atomic mass is 9.95. The molecule has 1 fully saturated rings. The first-order valence-electron chi connectivity index (χ1n) is 6.18. The zero-order valence-electron chi connectivity index (χ0n) is 9.69. The number of nitrogen functional groups attached to an aromatic ring is 1. The average molecular weight is 294 g/mol. The molecule has 0 atom stereocenters. The highest BCUT2D eigenvalue weighted by molar-refractivity contribution is 9.10. The van der Waals surface area contributed by atoms with Crippen LogP contribution in [0, 0.1) is 0 Å². The van der Waals surface area contributed by atoms with Gasteiger partial charge < -0.3 is 10.3 Å². The minimum Gasteiger partial charge on any atom is -0.369 e. The average Bonchev–Trinajstić information content (AvgIpc) is 2.65. The fourth-order valence-electron chi connectivity index (χ4n) is 2.81. The fourth-order valence-corrected chi connectivity index (χ4v) is 3.16. The summed E-state index contributed by atoms with van der Waals surface area (Å²) in [7, 11) is 0. The van der Waals surface area contributed by atoms with Crippen molar-refractivity contribution in [1.29, 1.82) is 0 Å². The van der Waals surface area contributed by atoms with Crippen LogP contribution in [0.25, 0.3) is 11.0 Å². The van der Waals surface area contributed by atoms with Crippen LogP contribution < -0.4 is 5.73 Å². The van der Waals surface area contributed by atoms with Crippen molar-refractivity contribution in [2.45, 2.75) is 38.1 Å². The maximum atomic E-state index is 6.07. The van der Waals surface area contributed by atoms with Crippen LogP contribution in [0.5, 0.6) is 0 Å². The minimum absolute atomic E-state index is 0.537. The quantitative estimate of drug-likeness (QED) is 0.867. The van der Waals surface area contributed by atoms with Gasteiger partial charge in [0.25, 0.3) is 0 Å². The van der Waals surface area contributed by atoms with Crippen LogP contribution in [-0.2, 0) is 0 Å². The Bertz CT molecular complexity index is 541. The summed E-state index contributed by atoms with van der Waals surface area (Å²) in [4.78, 5) is 4.46. The topological polar surface area (TPSA) is 43.8 Å². The zero-order chi connectivity index (χ0) is 11.8. The van der Waals surface area contributed by atoms with E-state index in [2.05, 4.69) is 37.6 Å². The van der Waals surface area contributed by atoms with Gasteiger partial charge >= 0.3 is 0 Å². The zero-order valence-corrected chi connectivity index (χ0v) is 11.3. The van der Waals surface area contributed by atoms with Crippen LogP contribution >= 0.6 is 15.9 Å². The number of fused-ring (bicyclic) bond motifs is 1. The van der Waals surface area contributed by atoms with E-state index in [1.54, 1.807) is 0 Å². The Kier molecular flexibility index (Phi) is 2.82. The predicted molar refractivity (Wildman–Crippen MR) is 74.0 cm³/mol. The highest BCUT2D eigenvalue weighted by atomic mass is 79.9. The number of halogens is 1. The molecule has 1 saturated carbocycles. The summed E-state index contributed by atoms with van der Waals surface area (Å²) in [5.41, 5.74) is 8.22. The molecule has 0 unspecified atom stereocenters. The van der Waals surface area contributed by atoms with Crippen LogP contribution in [0.4, 0.5) is 5.95 Å². The molecule has 0 aliphatic heterocycles. The number of nitrogens with two attached hydrogens (primary N) is 1. The lowest BCUT2D eigenvalue weighted by Crippen LogP contribution is -2.14. The SMILES string of the molecule is Nc1nc2cc(Br)ccc2n1C1CCCCC1. The van der Waals surface area contributed by atoms with Crippen LogP contribution in [-0.4, -0.2) is 9.55 Å². The molecule has 1 aromatic heterocycles. The second-order valence-electron chi connectivity index (χ2n) is 4.76. The van der Waals surface area contributed by atoms with Crippen molar-refractivity contribution in [1.82, 2.24) is 9.55 Å². The summed E-state index contributed by atoms with van der Waals surface area (Å²) in [5, 5.41) is 0. The molecule has 1 aliphatic carbocycles. The summed E-state index contributed by atoms with van der Waals surface area (Å²) >= 11 is 3.47. The number of imidazole rings is 1. The molecular weight excluding hydrogens is 278 g/mol. The lowest BCUT2D eigenvalue weighted by molar-refractivity contribution is 0.363. The van der Waals surface area contributed by atoms with Crippen molar-refractivity contribution in [2.75, 3.05) is 5.73 Å². The van der Waals surface area contributed by atoms with Gasteiger partial charge in [0, 0.05) is 10.5 Å². The Morgan fingerprint density at radius 2 is 2.00 bits per heavy atom. The van der Waals surface area contributed by atoms with Gasteiger partial charge in [-0.05, 0) is 31.0 Å². The number of rotatable bonds is 1. The van der Waals surface area contributed by atoms with Crippen molar-refractivity contribution in [3.05, 3.63) is 22.7 Å². The fraction of sp³-hybridized carbons (Fsp3) is 0.462. The van der Waals surface area contributed by atoms with Crippen molar-refractivity contribution >= 4 is 32.9 Å². The Morgan fingerprint density at radius 3 is 2.76 bits per heavy atom. The van der Waals surface area contributed by atoms with E-state index in [1.807, 2.05) is 6.07 Å². The summed E-state index contributed by atoms with van der Waals surface area (Å²) in [6.07, 6.45) is 6.42. The standard InChI is InChI=1S/C13H16BrN3/c14-9-6-7-12-11(8-9)16-13(15)17(12)10-4-2-1-3-5-10/h6-8,10H,1-5H2,(H2,15,16). The molecule has 0 bridgehead atoms. The summed E-state index contributed by atoms with van der Waals surface area (Å²) in [6, 6.07) is 6.74. The second-order valence-corrected chi connectivity index (χ2v) is 5.68. The molecule has 0 amide bonds. The molecule has 90 valence electrons. The first kappa shape index (κ1) is 11.1. The van der Waals surface area contributed by atoms with Crippen molar-refractivity contribution in [3.63, 3.8) is 0 Å². The van der Waals surface area contributed by atoms with Gasteiger partial charge in [-0.2, -0.15) is 0 Å². The van der Waals surface area contributed by atoms with Gasteiger partial charge in [-0.3, -0.25) is 0 Å². The highest BCUT2D eigenvalue weighted by Crippen LogP contribution is 2.33. The van der Waals surface area contributed by atoms with E-state index in [4.69, 9.17) is 5.73 Å². The predicted octanol–water partition coefficient (Wildman–Crippen LogP) is 3.89. The van der Waals surface area contributed by atoms with E-state index < -0.39 is 0 Å². The molecule has 2 N–H and O–H groups in total. The molecule has 4 heteroatoms. The third kappa shape index (κ3) is 1.95. The lowest BCUT2D eigenvalue weighted by Gasteiger charge is -2.24. The largest absolute Gasteiger partial charge is 0.369 e. The second kappa shape index (κ2) is 4.33. The number of benzene rings is 1. The van der Waals surface area contributed by atoms with Gasteiger partial charge in [-0.1, -0.05) is 35.2 Å². The third-order valence-corrected chi connectivity index (χ3v) is 4.11. The molecule has 3 nitrogen and oxygen atoms in total. The van der Waals surface area contributed by atoms with Crippen LogP contribution in [0.2, 0.25) is 0 Å². The van der Waals surface area contributed by atoms with Crippen LogP contribution in [0.1, 0.15) is 38.1 Å². The monoisotopic (exact) mass is 293 g/mol.